The molecule has 2 aromatic carbocycles. The van der Waals surface area contributed by atoms with Crippen molar-refractivity contribution in [3.8, 4) is 11.3 Å². The number of aryl methyl sites for hydroxylation is 1. The van der Waals surface area contributed by atoms with E-state index in [1.54, 1.807) is 12.1 Å². The van der Waals surface area contributed by atoms with E-state index in [9.17, 15) is 8.42 Å². The summed E-state index contributed by atoms with van der Waals surface area (Å²) in [6.45, 7) is 1.82. The molecule has 0 bridgehead atoms. The molecule has 0 unspecified atom stereocenters. The molecule has 0 amide bonds. The van der Waals surface area contributed by atoms with Gasteiger partial charge in [0, 0.05) is 16.6 Å². The predicted molar refractivity (Wildman–Crippen MR) is 93.4 cm³/mol. The molecule has 7 heteroatoms. The van der Waals surface area contributed by atoms with E-state index in [1.807, 2.05) is 42.6 Å². The first-order valence-electron chi connectivity index (χ1n) is 6.85. The highest BCUT2D eigenvalue weighted by Gasteiger charge is 2.11. The smallest absolute Gasteiger partial charge is 0.238 e. The fraction of sp³-hybridized carbons (Fsp3) is 0.0625. The minimum absolute atomic E-state index is 0.102. The first-order chi connectivity index (χ1) is 10.9. The fourth-order valence-electron chi connectivity index (χ4n) is 2.14. The van der Waals surface area contributed by atoms with Gasteiger partial charge in [-0.3, -0.25) is 0 Å². The van der Waals surface area contributed by atoms with Gasteiger partial charge < -0.3 is 5.32 Å². The van der Waals surface area contributed by atoms with E-state index in [4.69, 9.17) is 5.14 Å². The van der Waals surface area contributed by atoms with Crippen LogP contribution >= 0.6 is 11.3 Å². The number of nitrogens with zero attached hydrogens (tertiary/aromatic N) is 1. The van der Waals surface area contributed by atoms with E-state index in [-0.39, 0.29) is 4.90 Å². The standard InChI is InChI=1S/C16H15N3O2S2/c1-11-9-13(23(17,20)21)7-8-14(11)18-16-19-15(10-22-16)12-5-3-2-4-6-12/h2-10H,1H3,(H,18,19)(H2,17,20,21). The van der Waals surface area contributed by atoms with Gasteiger partial charge in [0.25, 0.3) is 0 Å². The van der Waals surface area contributed by atoms with Crippen LogP contribution < -0.4 is 10.5 Å². The van der Waals surface area contributed by atoms with Crippen molar-refractivity contribution in [2.24, 2.45) is 5.14 Å². The molecular formula is C16H15N3O2S2. The van der Waals surface area contributed by atoms with Gasteiger partial charge in [-0.05, 0) is 30.7 Å². The summed E-state index contributed by atoms with van der Waals surface area (Å²) in [7, 11) is -3.69. The van der Waals surface area contributed by atoms with Crippen molar-refractivity contribution in [3.63, 3.8) is 0 Å². The Labute approximate surface area is 138 Å². The third-order valence-corrected chi connectivity index (χ3v) is 5.01. The van der Waals surface area contributed by atoms with Gasteiger partial charge in [-0.15, -0.1) is 11.3 Å². The molecule has 0 atom stereocenters. The van der Waals surface area contributed by atoms with Crippen LogP contribution in [0.5, 0.6) is 0 Å². The Kier molecular flexibility index (Phi) is 4.16. The van der Waals surface area contributed by atoms with Crippen molar-refractivity contribution in [3.05, 3.63) is 59.5 Å². The highest BCUT2D eigenvalue weighted by molar-refractivity contribution is 7.89. The molecule has 1 heterocycles. The Morgan fingerprint density at radius 1 is 1.13 bits per heavy atom. The molecule has 0 aliphatic rings. The van der Waals surface area contributed by atoms with E-state index >= 15 is 0 Å². The van der Waals surface area contributed by atoms with Crippen molar-refractivity contribution in [2.45, 2.75) is 11.8 Å². The van der Waals surface area contributed by atoms with Gasteiger partial charge in [0.2, 0.25) is 10.0 Å². The SMILES string of the molecule is Cc1cc(S(N)(=O)=O)ccc1Nc1nc(-c2ccccc2)cs1. The number of sulfonamides is 1. The summed E-state index contributed by atoms with van der Waals surface area (Å²) in [5, 5.41) is 11.1. The maximum absolute atomic E-state index is 11.4. The maximum Gasteiger partial charge on any atom is 0.238 e. The maximum atomic E-state index is 11.4. The lowest BCUT2D eigenvalue weighted by Crippen LogP contribution is -2.12. The molecule has 1 aromatic heterocycles. The van der Waals surface area contributed by atoms with E-state index < -0.39 is 10.0 Å². The third-order valence-electron chi connectivity index (χ3n) is 3.34. The minimum Gasteiger partial charge on any atom is -0.331 e. The number of benzene rings is 2. The molecular weight excluding hydrogens is 330 g/mol. The molecule has 0 aliphatic carbocycles. The zero-order valence-corrected chi connectivity index (χ0v) is 14.0. The second kappa shape index (κ2) is 6.11. The molecule has 3 N–H and O–H groups in total. The highest BCUT2D eigenvalue weighted by Crippen LogP contribution is 2.28. The fourth-order valence-corrected chi connectivity index (χ4v) is 3.47. The van der Waals surface area contributed by atoms with Crippen molar-refractivity contribution in [1.82, 2.24) is 4.98 Å². The van der Waals surface area contributed by atoms with Crippen molar-refractivity contribution in [1.29, 1.82) is 0 Å². The minimum atomic E-state index is -3.69. The zero-order valence-electron chi connectivity index (χ0n) is 12.4. The molecule has 0 fully saturated rings. The Bertz CT molecular complexity index is 935. The van der Waals surface area contributed by atoms with Gasteiger partial charge in [0.15, 0.2) is 5.13 Å². The van der Waals surface area contributed by atoms with Crippen molar-refractivity contribution < 1.29 is 8.42 Å². The number of hydrogen-bond donors (Lipinski definition) is 2. The lowest BCUT2D eigenvalue weighted by Gasteiger charge is -2.08. The Morgan fingerprint density at radius 2 is 1.87 bits per heavy atom. The number of nitrogens with one attached hydrogen (secondary N) is 1. The van der Waals surface area contributed by atoms with Crippen LogP contribution in [-0.2, 0) is 10.0 Å². The number of rotatable bonds is 4. The molecule has 5 nitrogen and oxygen atoms in total. The molecule has 0 saturated carbocycles. The largest absolute Gasteiger partial charge is 0.331 e. The second-order valence-electron chi connectivity index (χ2n) is 5.05. The molecule has 118 valence electrons. The topological polar surface area (TPSA) is 85.1 Å². The van der Waals surface area contributed by atoms with Crippen molar-refractivity contribution >= 4 is 32.2 Å². The summed E-state index contributed by atoms with van der Waals surface area (Å²) in [6.07, 6.45) is 0. The van der Waals surface area contributed by atoms with E-state index in [2.05, 4.69) is 10.3 Å². The molecule has 0 spiro atoms. The van der Waals surface area contributed by atoms with Gasteiger partial charge in [-0.2, -0.15) is 0 Å². The summed E-state index contributed by atoms with van der Waals surface area (Å²) in [5.74, 6) is 0. The lowest BCUT2D eigenvalue weighted by atomic mass is 10.2. The first-order valence-corrected chi connectivity index (χ1v) is 9.27. The first kappa shape index (κ1) is 15.7. The number of thiazole rings is 1. The normalized spacial score (nSPS) is 11.4. The lowest BCUT2D eigenvalue weighted by molar-refractivity contribution is 0.597. The van der Waals surface area contributed by atoms with Gasteiger partial charge in [-0.25, -0.2) is 18.5 Å². The molecule has 23 heavy (non-hydrogen) atoms. The third kappa shape index (κ3) is 3.58. The molecule has 0 aliphatic heterocycles. The Morgan fingerprint density at radius 3 is 2.52 bits per heavy atom. The highest BCUT2D eigenvalue weighted by atomic mass is 32.2. The van der Waals surface area contributed by atoms with Gasteiger partial charge in [-0.1, -0.05) is 30.3 Å². The Hall–Kier alpha value is -2.22. The quantitative estimate of drug-likeness (QED) is 0.758. The molecule has 0 radical (unpaired) electrons. The number of aromatic nitrogens is 1. The van der Waals surface area contributed by atoms with Gasteiger partial charge in [0.1, 0.15) is 0 Å². The summed E-state index contributed by atoms with van der Waals surface area (Å²) < 4.78 is 22.7. The molecule has 3 aromatic rings. The number of anilines is 2. The number of nitrogens with two attached hydrogens (primary N) is 1. The van der Waals surface area contributed by atoms with Crippen LogP contribution in [0.2, 0.25) is 0 Å². The van der Waals surface area contributed by atoms with Crippen LogP contribution in [0.4, 0.5) is 10.8 Å². The van der Waals surface area contributed by atoms with Crippen molar-refractivity contribution in [2.75, 3.05) is 5.32 Å². The van der Waals surface area contributed by atoms with E-state index in [1.165, 1.54) is 17.4 Å². The monoisotopic (exact) mass is 345 g/mol. The predicted octanol–water partition coefficient (Wildman–Crippen LogP) is 3.51. The Balaban J connectivity index is 1.85. The zero-order chi connectivity index (χ0) is 16.4. The average molecular weight is 345 g/mol. The summed E-state index contributed by atoms with van der Waals surface area (Å²) >= 11 is 1.49. The van der Waals surface area contributed by atoms with Crippen LogP contribution in [0.1, 0.15) is 5.56 Å². The van der Waals surface area contributed by atoms with Crippen LogP contribution in [0.3, 0.4) is 0 Å². The molecule has 3 rings (SSSR count). The summed E-state index contributed by atoms with van der Waals surface area (Å²) in [4.78, 5) is 4.65. The second-order valence-corrected chi connectivity index (χ2v) is 7.47. The summed E-state index contributed by atoms with van der Waals surface area (Å²) in [6, 6.07) is 14.6. The van der Waals surface area contributed by atoms with Crippen LogP contribution in [0, 0.1) is 6.92 Å². The average Bonchev–Trinajstić information content (AvgIpc) is 2.98. The number of primary sulfonamides is 1. The van der Waals surface area contributed by atoms with Gasteiger partial charge in [0.05, 0.1) is 10.6 Å². The molecule has 0 saturated heterocycles. The number of hydrogen-bond acceptors (Lipinski definition) is 5. The van der Waals surface area contributed by atoms with Gasteiger partial charge >= 0.3 is 0 Å². The van der Waals surface area contributed by atoms with E-state index in [0.717, 1.165) is 27.6 Å². The van der Waals surface area contributed by atoms with E-state index in [0.29, 0.717) is 0 Å². The summed E-state index contributed by atoms with van der Waals surface area (Å²) in [5.41, 5.74) is 3.54. The van der Waals surface area contributed by atoms with Crippen LogP contribution in [0.15, 0.2) is 58.8 Å². The van der Waals surface area contributed by atoms with Crippen LogP contribution in [-0.4, -0.2) is 13.4 Å². The van der Waals surface area contributed by atoms with Crippen LogP contribution in [0.25, 0.3) is 11.3 Å².